The van der Waals surface area contributed by atoms with Gasteiger partial charge in [-0.1, -0.05) is 121 Å². The van der Waals surface area contributed by atoms with Crippen LogP contribution in [0.5, 0.6) is 0 Å². The minimum absolute atomic E-state index is 0.0959. The Labute approximate surface area is 182 Å². The third-order valence-electron chi connectivity index (χ3n) is 5.90. The first kappa shape index (κ1) is 21.0. The maximum atomic E-state index is 11.9. The average molecular weight is 411 g/mol. The molecule has 31 heavy (non-hydrogen) atoms. The lowest BCUT2D eigenvalue weighted by molar-refractivity contribution is -0.0868. The smallest absolute Gasteiger partial charge is 0.140 e. The molecule has 0 unspecified atom stereocenters. The summed E-state index contributed by atoms with van der Waals surface area (Å²) in [6, 6.07) is 36.8. The monoisotopic (exact) mass is 410 g/mol. The molecule has 4 aromatic carbocycles. The van der Waals surface area contributed by atoms with E-state index >= 15 is 0 Å². The molecule has 0 amide bonds. The molecule has 0 aromatic heterocycles. The van der Waals surface area contributed by atoms with Crippen molar-refractivity contribution in [2.24, 2.45) is 0 Å². The van der Waals surface area contributed by atoms with Crippen LogP contribution in [0, 0.1) is 0 Å². The SMILES string of the molecule is O[C@@H](CC(O)(c1ccccc1)c1ccccc1)C(O)(c1ccccc1)c1ccccc1. The summed E-state index contributed by atoms with van der Waals surface area (Å²) in [6.07, 6.45) is -1.39. The number of aliphatic hydroxyl groups is 3. The highest BCUT2D eigenvalue weighted by atomic mass is 16.3. The van der Waals surface area contributed by atoms with E-state index in [1.54, 1.807) is 24.3 Å². The van der Waals surface area contributed by atoms with Crippen molar-refractivity contribution in [3.63, 3.8) is 0 Å². The van der Waals surface area contributed by atoms with Crippen LogP contribution >= 0.6 is 0 Å². The van der Waals surface area contributed by atoms with Gasteiger partial charge in [0.15, 0.2) is 0 Å². The fourth-order valence-corrected chi connectivity index (χ4v) is 4.19. The second-order valence-electron chi connectivity index (χ2n) is 7.81. The fourth-order valence-electron chi connectivity index (χ4n) is 4.19. The van der Waals surface area contributed by atoms with Crippen molar-refractivity contribution < 1.29 is 15.3 Å². The van der Waals surface area contributed by atoms with Gasteiger partial charge in [-0.3, -0.25) is 0 Å². The van der Waals surface area contributed by atoms with Gasteiger partial charge in [-0.25, -0.2) is 0 Å². The molecule has 0 heterocycles. The molecular weight excluding hydrogens is 384 g/mol. The van der Waals surface area contributed by atoms with Crippen LogP contribution in [0.1, 0.15) is 28.7 Å². The van der Waals surface area contributed by atoms with Crippen molar-refractivity contribution in [3.05, 3.63) is 144 Å². The van der Waals surface area contributed by atoms with E-state index in [-0.39, 0.29) is 6.42 Å². The Kier molecular flexibility index (Phi) is 6.01. The van der Waals surface area contributed by atoms with Crippen molar-refractivity contribution in [2.45, 2.75) is 23.7 Å². The van der Waals surface area contributed by atoms with Crippen molar-refractivity contribution in [1.29, 1.82) is 0 Å². The lowest BCUT2D eigenvalue weighted by atomic mass is 9.74. The van der Waals surface area contributed by atoms with E-state index in [4.69, 9.17) is 0 Å². The first-order valence-electron chi connectivity index (χ1n) is 10.4. The van der Waals surface area contributed by atoms with Gasteiger partial charge in [-0.15, -0.1) is 0 Å². The molecule has 0 saturated heterocycles. The van der Waals surface area contributed by atoms with Gasteiger partial charge in [0, 0.05) is 6.42 Å². The van der Waals surface area contributed by atoms with E-state index < -0.39 is 17.3 Å². The maximum Gasteiger partial charge on any atom is 0.140 e. The van der Waals surface area contributed by atoms with Crippen LogP contribution in [0.4, 0.5) is 0 Å². The van der Waals surface area contributed by atoms with E-state index in [0.29, 0.717) is 22.3 Å². The topological polar surface area (TPSA) is 60.7 Å². The number of benzene rings is 4. The Bertz CT molecular complexity index is 1000. The third-order valence-corrected chi connectivity index (χ3v) is 5.90. The molecule has 1 atom stereocenters. The zero-order valence-corrected chi connectivity index (χ0v) is 17.2. The van der Waals surface area contributed by atoms with Gasteiger partial charge in [-0.2, -0.15) is 0 Å². The second-order valence-corrected chi connectivity index (χ2v) is 7.81. The highest BCUT2D eigenvalue weighted by molar-refractivity contribution is 5.40. The van der Waals surface area contributed by atoms with Gasteiger partial charge in [0.25, 0.3) is 0 Å². The molecule has 0 aliphatic rings. The van der Waals surface area contributed by atoms with Gasteiger partial charge < -0.3 is 15.3 Å². The summed E-state index contributed by atoms with van der Waals surface area (Å²) in [5.41, 5.74) is -0.735. The van der Waals surface area contributed by atoms with E-state index in [2.05, 4.69) is 0 Å². The predicted molar refractivity (Wildman–Crippen MR) is 122 cm³/mol. The number of aliphatic hydroxyl groups excluding tert-OH is 1. The number of hydrogen-bond donors (Lipinski definition) is 3. The first-order valence-corrected chi connectivity index (χ1v) is 10.4. The zero-order chi connectivity index (χ0) is 21.7. The van der Waals surface area contributed by atoms with E-state index in [9.17, 15) is 15.3 Å². The van der Waals surface area contributed by atoms with Crippen molar-refractivity contribution in [1.82, 2.24) is 0 Å². The molecule has 4 rings (SSSR count). The Morgan fingerprint density at radius 3 is 1.10 bits per heavy atom. The van der Waals surface area contributed by atoms with Gasteiger partial charge in [0.05, 0.1) is 6.10 Å². The molecule has 0 bridgehead atoms. The van der Waals surface area contributed by atoms with Crippen LogP contribution in [-0.2, 0) is 11.2 Å². The summed E-state index contributed by atoms with van der Waals surface area (Å²) < 4.78 is 0. The van der Waals surface area contributed by atoms with Gasteiger partial charge in [0.2, 0.25) is 0 Å². The average Bonchev–Trinajstić information content (AvgIpc) is 2.85. The van der Waals surface area contributed by atoms with Crippen LogP contribution in [-0.4, -0.2) is 21.4 Å². The standard InChI is InChI=1S/C28H26O3/c29-26(28(31,24-17-9-3-10-18-24)25-19-11-4-12-20-25)21-27(30,22-13-5-1-6-14-22)23-15-7-2-8-16-23/h1-20,26,29-31H,21H2/t26-/m0/s1. The fraction of sp³-hybridized carbons (Fsp3) is 0.143. The third kappa shape index (κ3) is 4.04. The van der Waals surface area contributed by atoms with Gasteiger partial charge in [-0.05, 0) is 22.3 Å². The van der Waals surface area contributed by atoms with Crippen molar-refractivity contribution in [3.8, 4) is 0 Å². The highest BCUT2D eigenvalue weighted by Crippen LogP contribution is 2.41. The van der Waals surface area contributed by atoms with Crippen LogP contribution < -0.4 is 0 Å². The Morgan fingerprint density at radius 2 is 0.774 bits per heavy atom. The second kappa shape index (κ2) is 8.86. The molecule has 0 fully saturated rings. The first-order chi connectivity index (χ1) is 15.0. The number of hydrogen-bond acceptors (Lipinski definition) is 3. The lowest BCUT2D eigenvalue weighted by Crippen LogP contribution is -2.45. The van der Waals surface area contributed by atoms with E-state index in [1.807, 2.05) is 97.1 Å². The summed E-state index contributed by atoms with van der Waals surface area (Å²) in [5.74, 6) is 0. The molecule has 3 heteroatoms. The highest BCUT2D eigenvalue weighted by Gasteiger charge is 2.45. The molecule has 3 N–H and O–H groups in total. The Balaban J connectivity index is 1.82. The summed E-state index contributed by atoms with van der Waals surface area (Å²) in [5, 5.41) is 35.4. The summed E-state index contributed by atoms with van der Waals surface area (Å²) in [4.78, 5) is 0. The maximum absolute atomic E-state index is 11.9. The molecule has 0 aliphatic heterocycles. The molecule has 0 radical (unpaired) electrons. The largest absolute Gasteiger partial charge is 0.389 e. The van der Waals surface area contributed by atoms with E-state index in [0.717, 1.165) is 0 Å². The van der Waals surface area contributed by atoms with Crippen LogP contribution in [0.2, 0.25) is 0 Å². The molecule has 4 aromatic rings. The normalized spacial score (nSPS) is 13.0. The minimum atomic E-state index is -1.69. The van der Waals surface area contributed by atoms with Crippen LogP contribution in [0.15, 0.2) is 121 Å². The van der Waals surface area contributed by atoms with Crippen molar-refractivity contribution in [2.75, 3.05) is 0 Å². The molecule has 156 valence electrons. The van der Waals surface area contributed by atoms with Gasteiger partial charge in [0.1, 0.15) is 11.2 Å². The van der Waals surface area contributed by atoms with Crippen molar-refractivity contribution >= 4 is 0 Å². The lowest BCUT2D eigenvalue weighted by Gasteiger charge is -2.39. The minimum Gasteiger partial charge on any atom is -0.389 e. The molecule has 0 saturated carbocycles. The molecule has 3 nitrogen and oxygen atoms in total. The summed E-state index contributed by atoms with van der Waals surface area (Å²) in [7, 11) is 0. The molecular formula is C28H26O3. The van der Waals surface area contributed by atoms with Gasteiger partial charge >= 0.3 is 0 Å². The summed E-state index contributed by atoms with van der Waals surface area (Å²) in [6.45, 7) is 0. The van der Waals surface area contributed by atoms with E-state index in [1.165, 1.54) is 0 Å². The zero-order valence-electron chi connectivity index (χ0n) is 17.2. The van der Waals surface area contributed by atoms with Crippen LogP contribution in [0.25, 0.3) is 0 Å². The molecule has 0 spiro atoms. The number of rotatable bonds is 7. The Morgan fingerprint density at radius 1 is 0.484 bits per heavy atom. The summed E-state index contributed by atoms with van der Waals surface area (Å²) >= 11 is 0. The quantitative estimate of drug-likeness (QED) is 0.417. The predicted octanol–water partition coefficient (Wildman–Crippen LogP) is 4.61. The van der Waals surface area contributed by atoms with Crippen LogP contribution in [0.3, 0.4) is 0 Å². The molecule has 0 aliphatic carbocycles. The Hall–Kier alpha value is -3.24.